The quantitative estimate of drug-likeness (QED) is 0.903. The van der Waals surface area contributed by atoms with Gasteiger partial charge < -0.3 is 15.2 Å². The minimum Gasteiger partial charge on any atom is -0.457 e. The number of rotatable bonds is 4. The van der Waals surface area contributed by atoms with Gasteiger partial charge in [-0.25, -0.2) is 0 Å². The minimum atomic E-state index is -4.71. The van der Waals surface area contributed by atoms with E-state index in [1.54, 1.807) is 18.2 Å². The molecule has 0 fully saturated rings. The van der Waals surface area contributed by atoms with Crippen LogP contribution in [-0.2, 0) is 6.54 Å². The number of halogens is 4. The fourth-order valence-corrected chi connectivity index (χ4v) is 1.85. The van der Waals surface area contributed by atoms with Crippen LogP contribution in [0.3, 0.4) is 0 Å². The summed E-state index contributed by atoms with van der Waals surface area (Å²) in [6.07, 6.45) is -4.71. The molecule has 3 nitrogen and oxygen atoms in total. The molecule has 0 atom stereocenters. The van der Waals surface area contributed by atoms with Crippen molar-refractivity contribution in [3.05, 3.63) is 53.1 Å². The third kappa shape index (κ3) is 4.54. The molecule has 112 valence electrons. The van der Waals surface area contributed by atoms with Crippen LogP contribution in [0.25, 0.3) is 0 Å². The van der Waals surface area contributed by atoms with E-state index in [0.29, 0.717) is 23.1 Å². The summed E-state index contributed by atoms with van der Waals surface area (Å²) in [6.45, 7) is 0.308. The largest absolute Gasteiger partial charge is 0.573 e. The molecule has 21 heavy (non-hydrogen) atoms. The Bertz CT molecular complexity index is 615. The summed E-state index contributed by atoms with van der Waals surface area (Å²) in [5, 5.41) is 0.465. The Morgan fingerprint density at radius 1 is 0.952 bits per heavy atom. The van der Waals surface area contributed by atoms with E-state index in [1.165, 1.54) is 24.3 Å². The van der Waals surface area contributed by atoms with Gasteiger partial charge in [0.15, 0.2) is 0 Å². The summed E-state index contributed by atoms with van der Waals surface area (Å²) in [6, 6.07) is 10.0. The smallest absolute Gasteiger partial charge is 0.457 e. The van der Waals surface area contributed by atoms with E-state index in [0.717, 1.165) is 5.56 Å². The Balaban J connectivity index is 2.08. The molecule has 0 bridgehead atoms. The lowest BCUT2D eigenvalue weighted by atomic mass is 10.2. The lowest BCUT2D eigenvalue weighted by Gasteiger charge is -2.10. The van der Waals surface area contributed by atoms with Crippen molar-refractivity contribution in [2.75, 3.05) is 0 Å². The van der Waals surface area contributed by atoms with Gasteiger partial charge >= 0.3 is 6.36 Å². The highest BCUT2D eigenvalue weighted by atomic mass is 35.5. The van der Waals surface area contributed by atoms with Crippen molar-refractivity contribution in [2.24, 2.45) is 5.73 Å². The molecule has 2 N–H and O–H groups in total. The molecule has 2 rings (SSSR count). The molecule has 0 saturated carbocycles. The first-order chi connectivity index (χ1) is 9.87. The van der Waals surface area contributed by atoms with Gasteiger partial charge in [-0.2, -0.15) is 0 Å². The number of ether oxygens (including phenoxy) is 2. The Hall–Kier alpha value is -1.92. The zero-order chi connectivity index (χ0) is 15.5. The maximum Gasteiger partial charge on any atom is 0.573 e. The van der Waals surface area contributed by atoms with E-state index >= 15 is 0 Å². The van der Waals surface area contributed by atoms with Crippen molar-refractivity contribution in [3.8, 4) is 17.2 Å². The lowest BCUT2D eigenvalue weighted by molar-refractivity contribution is -0.274. The maximum atomic E-state index is 12.0. The molecule has 0 aromatic heterocycles. The summed E-state index contributed by atoms with van der Waals surface area (Å²) in [7, 11) is 0. The average Bonchev–Trinajstić information content (AvgIpc) is 2.40. The third-order valence-electron chi connectivity index (χ3n) is 2.54. The Morgan fingerprint density at radius 2 is 1.52 bits per heavy atom. The van der Waals surface area contributed by atoms with Gasteiger partial charge in [0.05, 0.1) is 0 Å². The minimum absolute atomic E-state index is 0.308. The predicted octanol–water partition coefficient (Wildman–Crippen LogP) is 4.49. The molecule has 0 spiro atoms. The zero-order valence-corrected chi connectivity index (χ0v) is 11.4. The lowest BCUT2D eigenvalue weighted by Crippen LogP contribution is -2.16. The topological polar surface area (TPSA) is 44.5 Å². The van der Waals surface area contributed by atoms with Gasteiger partial charge in [0.1, 0.15) is 17.2 Å². The fraction of sp³-hybridized carbons (Fsp3) is 0.143. The molecule has 7 heteroatoms. The van der Waals surface area contributed by atoms with Crippen LogP contribution in [0.15, 0.2) is 42.5 Å². The Kier molecular flexibility index (Phi) is 4.59. The molecule has 0 heterocycles. The van der Waals surface area contributed by atoms with Crippen LogP contribution in [0.2, 0.25) is 5.02 Å². The number of hydrogen-bond donors (Lipinski definition) is 1. The van der Waals surface area contributed by atoms with Crippen LogP contribution in [0.5, 0.6) is 17.2 Å². The van der Waals surface area contributed by atoms with Crippen LogP contribution >= 0.6 is 11.6 Å². The summed E-state index contributed by atoms with van der Waals surface area (Å²) < 4.78 is 45.3. The van der Waals surface area contributed by atoms with E-state index in [-0.39, 0.29) is 5.75 Å². The third-order valence-corrected chi connectivity index (χ3v) is 2.89. The molecule has 2 aromatic rings. The number of benzene rings is 2. The second kappa shape index (κ2) is 6.24. The standard InChI is InChI=1S/C14H11ClF3NO2/c15-13-7-12(2-1-9(13)8-19)20-10-3-5-11(6-4-10)21-14(16,17)18/h1-7H,8,19H2. The van der Waals surface area contributed by atoms with Crippen molar-refractivity contribution in [1.29, 1.82) is 0 Å². The second-order valence-corrected chi connectivity index (χ2v) is 4.49. The van der Waals surface area contributed by atoms with Crippen molar-refractivity contribution < 1.29 is 22.6 Å². The highest BCUT2D eigenvalue weighted by Crippen LogP contribution is 2.29. The normalized spacial score (nSPS) is 11.3. The van der Waals surface area contributed by atoms with Gasteiger partial charge in [0.25, 0.3) is 0 Å². The number of nitrogens with two attached hydrogens (primary N) is 1. The van der Waals surface area contributed by atoms with Crippen LogP contribution in [0.1, 0.15) is 5.56 Å². The molecule has 2 aromatic carbocycles. The zero-order valence-electron chi connectivity index (χ0n) is 10.7. The van der Waals surface area contributed by atoms with Crippen molar-refractivity contribution in [1.82, 2.24) is 0 Å². The highest BCUT2D eigenvalue weighted by Gasteiger charge is 2.30. The molecular formula is C14H11ClF3NO2. The first-order valence-electron chi connectivity index (χ1n) is 5.89. The van der Waals surface area contributed by atoms with Crippen molar-refractivity contribution in [2.45, 2.75) is 12.9 Å². The molecule has 0 aliphatic heterocycles. The Labute approximate surface area is 124 Å². The predicted molar refractivity (Wildman–Crippen MR) is 72.5 cm³/mol. The van der Waals surface area contributed by atoms with Crippen molar-refractivity contribution in [3.63, 3.8) is 0 Å². The summed E-state index contributed by atoms with van der Waals surface area (Å²) in [5.74, 6) is 0.508. The first kappa shape index (κ1) is 15.5. The number of hydrogen-bond acceptors (Lipinski definition) is 3. The monoisotopic (exact) mass is 317 g/mol. The van der Waals surface area contributed by atoms with Crippen molar-refractivity contribution >= 4 is 11.6 Å². The van der Waals surface area contributed by atoms with E-state index in [4.69, 9.17) is 22.1 Å². The maximum absolute atomic E-state index is 12.0. The van der Waals surface area contributed by atoms with Crippen LogP contribution < -0.4 is 15.2 Å². The van der Waals surface area contributed by atoms with E-state index in [1.807, 2.05) is 0 Å². The molecule has 0 unspecified atom stereocenters. The van der Waals surface area contributed by atoms with Gasteiger partial charge in [0.2, 0.25) is 0 Å². The van der Waals surface area contributed by atoms with E-state index in [9.17, 15) is 13.2 Å². The van der Waals surface area contributed by atoms with Gasteiger partial charge in [-0.15, -0.1) is 13.2 Å². The van der Waals surface area contributed by atoms with Crippen LogP contribution in [0, 0.1) is 0 Å². The highest BCUT2D eigenvalue weighted by molar-refractivity contribution is 6.31. The summed E-state index contributed by atoms with van der Waals surface area (Å²) in [4.78, 5) is 0. The van der Waals surface area contributed by atoms with E-state index < -0.39 is 6.36 Å². The molecular weight excluding hydrogens is 307 g/mol. The molecule has 0 amide bonds. The molecule has 0 radical (unpaired) electrons. The van der Waals surface area contributed by atoms with Gasteiger partial charge in [-0.05, 0) is 42.0 Å². The molecule has 0 aliphatic carbocycles. The van der Waals surface area contributed by atoms with Crippen LogP contribution in [-0.4, -0.2) is 6.36 Å². The van der Waals surface area contributed by atoms with Crippen LogP contribution in [0.4, 0.5) is 13.2 Å². The first-order valence-corrected chi connectivity index (χ1v) is 6.27. The summed E-state index contributed by atoms with van der Waals surface area (Å²) >= 11 is 5.99. The fourth-order valence-electron chi connectivity index (χ4n) is 1.60. The van der Waals surface area contributed by atoms with Gasteiger partial charge in [-0.1, -0.05) is 17.7 Å². The Morgan fingerprint density at radius 3 is 2.05 bits per heavy atom. The number of alkyl halides is 3. The SMILES string of the molecule is NCc1ccc(Oc2ccc(OC(F)(F)F)cc2)cc1Cl. The van der Waals surface area contributed by atoms with E-state index in [2.05, 4.69) is 4.74 Å². The second-order valence-electron chi connectivity index (χ2n) is 4.08. The molecule has 0 aliphatic rings. The summed E-state index contributed by atoms with van der Waals surface area (Å²) in [5.41, 5.74) is 6.27. The molecule has 0 saturated heterocycles. The van der Waals surface area contributed by atoms with Gasteiger partial charge in [0, 0.05) is 11.6 Å². The van der Waals surface area contributed by atoms with Gasteiger partial charge in [-0.3, -0.25) is 0 Å². The average molecular weight is 318 g/mol.